The lowest BCUT2D eigenvalue weighted by molar-refractivity contribution is -0.123. The van der Waals surface area contributed by atoms with Gasteiger partial charge in [0.2, 0.25) is 0 Å². The van der Waals surface area contributed by atoms with Crippen LogP contribution in [0.15, 0.2) is 28.8 Å². The van der Waals surface area contributed by atoms with Crippen LogP contribution in [0, 0.1) is 13.8 Å². The number of aromatic nitrogens is 1. The average Bonchev–Trinajstić information content (AvgIpc) is 2.78. The number of carbonyl (C=O) groups is 1. The highest BCUT2D eigenvalue weighted by molar-refractivity contribution is 6.30. The van der Waals surface area contributed by atoms with E-state index in [4.69, 9.17) is 20.9 Å². The summed E-state index contributed by atoms with van der Waals surface area (Å²) in [6, 6.07) is 6.87. The molecule has 0 saturated carbocycles. The van der Waals surface area contributed by atoms with Gasteiger partial charge in [0.05, 0.1) is 5.69 Å². The smallest absolute Gasteiger partial charge is 0.257 e. The second-order valence-corrected chi connectivity index (χ2v) is 5.08. The van der Waals surface area contributed by atoms with Crippen LogP contribution in [0.25, 0.3) is 0 Å². The van der Waals surface area contributed by atoms with Gasteiger partial charge in [-0.15, -0.1) is 0 Å². The summed E-state index contributed by atoms with van der Waals surface area (Å²) < 4.78 is 10.4. The zero-order valence-corrected chi connectivity index (χ0v) is 12.7. The summed E-state index contributed by atoms with van der Waals surface area (Å²) >= 11 is 5.77. The minimum Gasteiger partial charge on any atom is -0.484 e. The normalized spacial score (nSPS) is 10.4. The zero-order chi connectivity index (χ0) is 15.2. The van der Waals surface area contributed by atoms with E-state index in [2.05, 4.69) is 10.5 Å². The number of nitrogens with one attached hydrogen (secondary N) is 1. The van der Waals surface area contributed by atoms with E-state index in [0.717, 1.165) is 17.0 Å². The van der Waals surface area contributed by atoms with Crippen molar-refractivity contribution >= 4 is 17.5 Å². The number of aryl methyl sites for hydroxylation is 2. The van der Waals surface area contributed by atoms with E-state index in [1.165, 1.54) is 0 Å². The number of hydrogen-bond donors (Lipinski definition) is 1. The Morgan fingerprint density at radius 1 is 1.33 bits per heavy atom. The van der Waals surface area contributed by atoms with Crippen LogP contribution in [-0.4, -0.2) is 24.2 Å². The zero-order valence-electron chi connectivity index (χ0n) is 12.0. The molecular weight excluding hydrogens is 292 g/mol. The maximum absolute atomic E-state index is 11.7. The van der Waals surface area contributed by atoms with E-state index in [1.54, 1.807) is 24.3 Å². The number of ether oxygens (including phenoxy) is 1. The fraction of sp³-hybridized carbons (Fsp3) is 0.333. The van der Waals surface area contributed by atoms with Gasteiger partial charge in [-0.2, -0.15) is 0 Å². The molecule has 0 aliphatic rings. The summed E-state index contributed by atoms with van der Waals surface area (Å²) in [4.78, 5) is 11.7. The third-order valence-corrected chi connectivity index (χ3v) is 3.31. The maximum Gasteiger partial charge on any atom is 0.257 e. The molecule has 0 aliphatic carbocycles. The SMILES string of the molecule is Cc1noc(C)c1CCNC(=O)COc1ccc(Cl)cc1. The predicted octanol–water partition coefficient (Wildman–Crippen LogP) is 2.68. The highest BCUT2D eigenvalue weighted by atomic mass is 35.5. The summed E-state index contributed by atoms with van der Waals surface area (Å²) in [5.74, 6) is 1.23. The second kappa shape index (κ2) is 7.13. The standard InChI is InChI=1S/C15H17ClN2O3/c1-10-14(11(2)21-18-10)7-8-17-15(19)9-20-13-5-3-12(16)4-6-13/h3-6H,7-9H2,1-2H3,(H,17,19). The molecule has 1 amide bonds. The summed E-state index contributed by atoms with van der Waals surface area (Å²) in [5.41, 5.74) is 1.90. The Labute approximate surface area is 128 Å². The molecule has 1 heterocycles. The monoisotopic (exact) mass is 308 g/mol. The van der Waals surface area contributed by atoms with Gasteiger partial charge in [-0.05, 0) is 44.5 Å². The van der Waals surface area contributed by atoms with E-state index in [0.29, 0.717) is 23.7 Å². The van der Waals surface area contributed by atoms with Gasteiger partial charge < -0.3 is 14.6 Å². The predicted molar refractivity (Wildman–Crippen MR) is 79.6 cm³/mol. The lowest BCUT2D eigenvalue weighted by atomic mass is 10.1. The van der Waals surface area contributed by atoms with Crippen molar-refractivity contribution in [2.45, 2.75) is 20.3 Å². The molecule has 0 unspecified atom stereocenters. The van der Waals surface area contributed by atoms with E-state index >= 15 is 0 Å². The molecule has 0 saturated heterocycles. The van der Waals surface area contributed by atoms with E-state index in [-0.39, 0.29) is 12.5 Å². The molecule has 0 atom stereocenters. The molecular formula is C15H17ClN2O3. The molecule has 0 aliphatic heterocycles. The maximum atomic E-state index is 11.7. The van der Waals surface area contributed by atoms with Gasteiger partial charge in [0.15, 0.2) is 6.61 Å². The minimum atomic E-state index is -0.170. The third kappa shape index (κ3) is 4.49. The van der Waals surface area contributed by atoms with Crippen molar-refractivity contribution in [3.63, 3.8) is 0 Å². The Bertz CT molecular complexity index is 588. The topological polar surface area (TPSA) is 64.4 Å². The van der Waals surface area contributed by atoms with Crippen LogP contribution in [0.5, 0.6) is 5.75 Å². The number of rotatable bonds is 6. The van der Waals surface area contributed by atoms with Crippen molar-refractivity contribution in [3.05, 3.63) is 46.3 Å². The van der Waals surface area contributed by atoms with Crippen LogP contribution in [-0.2, 0) is 11.2 Å². The van der Waals surface area contributed by atoms with Crippen LogP contribution in [0.1, 0.15) is 17.0 Å². The summed E-state index contributed by atoms with van der Waals surface area (Å²) in [6.45, 7) is 4.24. The summed E-state index contributed by atoms with van der Waals surface area (Å²) in [5, 5.41) is 7.30. The first-order valence-corrected chi connectivity index (χ1v) is 7.01. The van der Waals surface area contributed by atoms with Crippen molar-refractivity contribution in [2.24, 2.45) is 0 Å². The highest BCUT2D eigenvalue weighted by Crippen LogP contribution is 2.15. The Hall–Kier alpha value is -2.01. The molecule has 2 aromatic rings. The van der Waals surface area contributed by atoms with Gasteiger partial charge >= 0.3 is 0 Å². The van der Waals surface area contributed by atoms with Crippen LogP contribution in [0.4, 0.5) is 0 Å². The van der Waals surface area contributed by atoms with Crippen LogP contribution < -0.4 is 10.1 Å². The molecule has 5 nitrogen and oxygen atoms in total. The van der Waals surface area contributed by atoms with Gasteiger partial charge in [0, 0.05) is 17.1 Å². The number of nitrogens with zero attached hydrogens (tertiary/aromatic N) is 1. The van der Waals surface area contributed by atoms with Crippen molar-refractivity contribution in [3.8, 4) is 5.75 Å². The number of amides is 1. The van der Waals surface area contributed by atoms with Gasteiger partial charge in [-0.25, -0.2) is 0 Å². The minimum absolute atomic E-state index is 0.0246. The Balaban J connectivity index is 1.71. The number of hydrogen-bond acceptors (Lipinski definition) is 4. The summed E-state index contributed by atoms with van der Waals surface area (Å²) in [7, 11) is 0. The fourth-order valence-electron chi connectivity index (χ4n) is 1.92. The van der Waals surface area contributed by atoms with Crippen LogP contribution >= 0.6 is 11.6 Å². The van der Waals surface area contributed by atoms with Crippen molar-refractivity contribution < 1.29 is 14.1 Å². The lowest BCUT2D eigenvalue weighted by Crippen LogP contribution is -2.30. The fourth-order valence-corrected chi connectivity index (χ4v) is 2.04. The van der Waals surface area contributed by atoms with E-state index in [1.807, 2.05) is 13.8 Å². The first kappa shape index (κ1) is 15.4. The number of halogens is 1. The van der Waals surface area contributed by atoms with Gasteiger partial charge in [-0.3, -0.25) is 4.79 Å². The molecule has 6 heteroatoms. The lowest BCUT2D eigenvalue weighted by Gasteiger charge is -2.07. The average molecular weight is 309 g/mol. The highest BCUT2D eigenvalue weighted by Gasteiger charge is 2.09. The summed E-state index contributed by atoms with van der Waals surface area (Å²) in [6.07, 6.45) is 0.688. The Morgan fingerprint density at radius 2 is 2.05 bits per heavy atom. The number of carbonyl (C=O) groups excluding carboxylic acids is 1. The van der Waals surface area contributed by atoms with Crippen molar-refractivity contribution in [1.29, 1.82) is 0 Å². The molecule has 1 aromatic heterocycles. The van der Waals surface area contributed by atoms with E-state index in [9.17, 15) is 4.79 Å². The van der Waals surface area contributed by atoms with Gasteiger partial charge in [0.1, 0.15) is 11.5 Å². The van der Waals surface area contributed by atoms with Crippen molar-refractivity contribution in [1.82, 2.24) is 10.5 Å². The second-order valence-electron chi connectivity index (χ2n) is 4.65. The molecule has 112 valence electrons. The molecule has 21 heavy (non-hydrogen) atoms. The Morgan fingerprint density at radius 3 is 2.67 bits per heavy atom. The molecule has 2 rings (SSSR count). The van der Waals surface area contributed by atoms with Crippen molar-refractivity contribution in [2.75, 3.05) is 13.2 Å². The molecule has 0 spiro atoms. The van der Waals surface area contributed by atoms with Gasteiger partial charge in [-0.1, -0.05) is 16.8 Å². The quantitative estimate of drug-likeness (QED) is 0.891. The van der Waals surface area contributed by atoms with Crippen LogP contribution in [0.2, 0.25) is 5.02 Å². The third-order valence-electron chi connectivity index (χ3n) is 3.06. The van der Waals surface area contributed by atoms with E-state index < -0.39 is 0 Å². The first-order valence-electron chi connectivity index (χ1n) is 6.63. The molecule has 0 bridgehead atoms. The van der Waals surface area contributed by atoms with Gasteiger partial charge in [0.25, 0.3) is 5.91 Å². The number of benzene rings is 1. The molecule has 1 N–H and O–H groups in total. The molecule has 1 aromatic carbocycles. The Kier molecular flexibility index (Phi) is 5.22. The largest absolute Gasteiger partial charge is 0.484 e. The molecule has 0 radical (unpaired) electrons. The molecule has 0 fully saturated rings. The first-order chi connectivity index (χ1) is 10.1. The van der Waals surface area contributed by atoms with Crippen LogP contribution in [0.3, 0.4) is 0 Å².